The molecular weight excluding hydrogens is 256 g/mol. The van der Waals surface area contributed by atoms with Gasteiger partial charge in [0.25, 0.3) is 5.91 Å². The fourth-order valence-corrected chi connectivity index (χ4v) is 2.23. The Hall–Kier alpha value is -2.63. The molecule has 0 radical (unpaired) electrons. The lowest BCUT2D eigenvalue weighted by molar-refractivity contribution is -0.127. The van der Waals surface area contributed by atoms with Crippen LogP contribution in [-0.2, 0) is 17.8 Å². The van der Waals surface area contributed by atoms with E-state index in [0.717, 1.165) is 5.56 Å². The van der Waals surface area contributed by atoms with Gasteiger partial charge >= 0.3 is 6.03 Å². The molecule has 1 unspecified atom stereocenters. The minimum Gasteiger partial charge on any atom is -0.349 e. The molecule has 6 nitrogen and oxygen atoms in total. The smallest absolute Gasteiger partial charge is 0.325 e. The average molecular weight is 270 g/mol. The molecule has 0 saturated carbocycles. The van der Waals surface area contributed by atoms with Gasteiger partial charge in [-0.1, -0.05) is 30.3 Å². The van der Waals surface area contributed by atoms with Crippen LogP contribution in [0, 0.1) is 0 Å². The molecule has 1 atom stereocenters. The Morgan fingerprint density at radius 1 is 1.20 bits per heavy atom. The molecule has 1 saturated heterocycles. The van der Waals surface area contributed by atoms with Gasteiger partial charge in [0.05, 0.1) is 6.54 Å². The van der Waals surface area contributed by atoms with Crippen molar-refractivity contribution in [2.75, 3.05) is 0 Å². The normalized spacial score (nSPS) is 18.4. The summed E-state index contributed by atoms with van der Waals surface area (Å²) in [6.45, 7) is 0.292. The molecule has 102 valence electrons. The number of carbonyl (C=O) groups excluding carboxylic acids is 2. The predicted octanol–water partition coefficient (Wildman–Crippen LogP) is 1.07. The first-order valence-electron chi connectivity index (χ1n) is 6.38. The van der Waals surface area contributed by atoms with Crippen LogP contribution < -0.4 is 5.32 Å². The van der Waals surface area contributed by atoms with E-state index in [4.69, 9.17) is 0 Å². The molecule has 1 aliphatic rings. The number of benzene rings is 1. The van der Waals surface area contributed by atoms with Crippen molar-refractivity contribution in [2.24, 2.45) is 0 Å². The molecule has 1 aromatic carbocycles. The summed E-state index contributed by atoms with van der Waals surface area (Å²) in [6, 6.07) is 8.55. The molecule has 0 aliphatic carbocycles. The zero-order valence-electron chi connectivity index (χ0n) is 10.7. The van der Waals surface area contributed by atoms with Gasteiger partial charge in [0.2, 0.25) is 0 Å². The van der Waals surface area contributed by atoms with Gasteiger partial charge in [-0.05, 0) is 5.56 Å². The predicted molar refractivity (Wildman–Crippen MR) is 71.6 cm³/mol. The number of nitrogens with zero attached hydrogens (tertiary/aromatic N) is 2. The second kappa shape index (κ2) is 5.16. The van der Waals surface area contributed by atoms with Crippen LogP contribution in [0.15, 0.2) is 42.7 Å². The number of aromatic nitrogens is 2. The number of aromatic amines is 1. The molecule has 6 heteroatoms. The highest BCUT2D eigenvalue weighted by molar-refractivity contribution is 6.04. The summed E-state index contributed by atoms with van der Waals surface area (Å²) in [5.74, 6) is 0.473. The van der Waals surface area contributed by atoms with Crippen LogP contribution in [0.1, 0.15) is 11.4 Å². The van der Waals surface area contributed by atoms with E-state index >= 15 is 0 Å². The number of rotatable bonds is 4. The van der Waals surface area contributed by atoms with E-state index in [-0.39, 0.29) is 11.9 Å². The minimum absolute atomic E-state index is 0.213. The third-order valence-electron chi connectivity index (χ3n) is 3.24. The zero-order valence-corrected chi connectivity index (χ0v) is 10.7. The molecule has 1 aliphatic heterocycles. The van der Waals surface area contributed by atoms with Crippen LogP contribution in [0.4, 0.5) is 4.79 Å². The Kier molecular flexibility index (Phi) is 3.20. The molecule has 2 N–H and O–H groups in total. The first kappa shape index (κ1) is 12.4. The summed E-state index contributed by atoms with van der Waals surface area (Å²) in [7, 11) is 0. The van der Waals surface area contributed by atoms with Crippen molar-refractivity contribution in [3.05, 3.63) is 54.1 Å². The van der Waals surface area contributed by atoms with E-state index in [2.05, 4.69) is 15.3 Å². The number of carbonyl (C=O) groups is 2. The third-order valence-corrected chi connectivity index (χ3v) is 3.24. The number of H-pyrrole nitrogens is 1. The number of nitrogens with one attached hydrogen (secondary N) is 2. The third kappa shape index (κ3) is 2.40. The van der Waals surface area contributed by atoms with E-state index in [1.807, 2.05) is 30.3 Å². The summed E-state index contributed by atoms with van der Waals surface area (Å²) in [4.78, 5) is 32.4. The van der Waals surface area contributed by atoms with Crippen LogP contribution in [-0.4, -0.2) is 32.8 Å². The molecule has 0 spiro atoms. The van der Waals surface area contributed by atoms with E-state index in [1.54, 1.807) is 12.4 Å². The maximum Gasteiger partial charge on any atom is 0.325 e. The molecule has 3 amide bonds. The van der Waals surface area contributed by atoms with Crippen molar-refractivity contribution in [2.45, 2.75) is 19.0 Å². The number of hydrogen-bond acceptors (Lipinski definition) is 3. The van der Waals surface area contributed by atoms with Crippen molar-refractivity contribution in [3.8, 4) is 0 Å². The van der Waals surface area contributed by atoms with Crippen LogP contribution in [0.3, 0.4) is 0 Å². The zero-order chi connectivity index (χ0) is 13.9. The first-order valence-corrected chi connectivity index (χ1v) is 6.38. The fourth-order valence-electron chi connectivity index (χ4n) is 2.23. The summed E-state index contributed by atoms with van der Waals surface area (Å²) in [5, 5.41) is 2.69. The van der Waals surface area contributed by atoms with Crippen LogP contribution >= 0.6 is 0 Å². The SMILES string of the molecule is O=C1NC(Cc2ncc[nH]2)C(=O)N1Cc1ccccc1. The first-order chi connectivity index (χ1) is 9.74. The van der Waals surface area contributed by atoms with E-state index in [0.29, 0.717) is 18.8 Å². The number of imidazole rings is 1. The van der Waals surface area contributed by atoms with Gasteiger partial charge in [-0.3, -0.25) is 9.69 Å². The Balaban J connectivity index is 1.70. The van der Waals surface area contributed by atoms with Crippen molar-refractivity contribution in [1.82, 2.24) is 20.2 Å². The van der Waals surface area contributed by atoms with E-state index < -0.39 is 6.04 Å². The highest BCUT2D eigenvalue weighted by Gasteiger charge is 2.38. The van der Waals surface area contributed by atoms with Gasteiger partial charge in [-0.25, -0.2) is 9.78 Å². The fraction of sp³-hybridized carbons (Fsp3) is 0.214. The van der Waals surface area contributed by atoms with Gasteiger partial charge in [0.1, 0.15) is 11.9 Å². The summed E-state index contributed by atoms with van der Waals surface area (Å²) in [5.41, 5.74) is 0.926. The largest absolute Gasteiger partial charge is 0.349 e. The molecule has 2 aromatic rings. The second-order valence-corrected chi connectivity index (χ2v) is 4.65. The van der Waals surface area contributed by atoms with Gasteiger partial charge in [0.15, 0.2) is 0 Å². The Bertz CT molecular complexity index is 609. The van der Waals surface area contributed by atoms with Crippen molar-refractivity contribution < 1.29 is 9.59 Å². The summed E-state index contributed by atoms with van der Waals surface area (Å²) >= 11 is 0. The van der Waals surface area contributed by atoms with Gasteiger partial charge in [-0.15, -0.1) is 0 Å². The van der Waals surface area contributed by atoms with Crippen LogP contribution in [0.2, 0.25) is 0 Å². The monoisotopic (exact) mass is 270 g/mol. The van der Waals surface area contributed by atoms with Crippen molar-refractivity contribution in [1.29, 1.82) is 0 Å². The van der Waals surface area contributed by atoms with E-state index in [9.17, 15) is 9.59 Å². The van der Waals surface area contributed by atoms with Crippen molar-refractivity contribution in [3.63, 3.8) is 0 Å². The number of amides is 3. The number of imide groups is 1. The summed E-state index contributed by atoms with van der Waals surface area (Å²) in [6.07, 6.45) is 3.69. The topological polar surface area (TPSA) is 78.1 Å². The average Bonchev–Trinajstić information content (AvgIpc) is 3.05. The lowest BCUT2D eigenvalue weighted by Crippen LogP contribution is -2.32. The lowest BCUT2D eigenvalue weighted by atomic mass is 10.2. The lowest BCUT2D eigenvalue weighted by Gasteiger charge is -2.12. The second-order valence-electron chi connectivity index (χ2n) is 4.65. The molecular formula is C14H14N4O2. The van der Waals surface area contributed by atoms with Crippen LogP contribution in [0.25, 0.3) is 0 Å². The minimum atomic E-state index is -0.544. The summed E-state index contributed by atoms with van der Waals surface area (Å²) < 4.78 is 0. The van der Waals surface area contributed by atoms with E-state index in [1.165, 1.54) is 4.90 Å². The Labute approximate surface area is 115 Å². The molecule has 0 bridgehead atoms. The van der Waals surface area contributed by atoms with Gasteiger partial charge < -0.3 is 10.3 Å². The molecule has 1 fully saturated rings. The Morgan fingerprint density at radius 2 is 2.00 bits per heavy atom. The number of urea groups is 1. The highest BCUT2D eigenvalue weighted by Crippen LogP contribution is 2.14. The van der Waals surface area contributed by atoms with Crippen molar-refractivity contribution >= 4 is 11.9 Å². The van der Waals surface area contributed by atoms with Gasteiger partial charge in [0, 0.05) is 18.8 Å². The highest BCUT2D eigenvalue weighted by atomic mass is 16.2. The maximum atomic E-state index is 12.2. The molecule has 20 heavy (non-hydrogen) atoms. The Morgan fingerprint density at radius 3 is 2.70 bits per heavy atom. The van der Waals surface area contributed by atoms with Gasteiger partial charge in [-0.2, -0.15) is 0 Å². The molecule has 3 rings (SSSR count). The van der Waals surface area contributed by atoms with Crippen LogP contribution in [0.5, 0.6) is 0 Å². The standard InChI is InChI=1S/C14H14N4O2/c19-13-11(8-12-15-6-7-16-12)17-14(20)18(13)9-10-4-2-1-3-5-10/h1-7,11H,8-9H2,(H,15,16)(H,17,20). The quantitative estimate of drug-likeness (QED) is 0.816. The molecule has 1 aromatic heterocycles. The maximum absolute atomic E-state index is 12.2. The number of hydrogen-bond donors (Lipinski definition) is 2. The molecule has 2 heterocycles.